The Hall–Kier alpha value is -0.340. The fraction of sp³-hybridized carbons (Fsp3) is 0.778. The molecule has 1 saturated heterocycles. The van der Waals surface area contributed by atoms with Gasteiger partial charge in [0.25, 0.3) is 0 Å². The molecule has 64 valence electrons. The molecule has 0 unspecified atom stereocenters. The summed E-state index contributed by atoms with van der Waals surface area (Å²) in [7, 11) is 0. The lowest BCUT2D eigenvalue weighted by Gasteiger charge is -2.39. The highest BCUT2D eigenvalue weighted by molar-refractivity contribution is 5.13. The highest BCUT2D eigenvalue weighted by atomic mass is 16.3. The standard InChI is InChI=1S/C9H17NO/c1-8-4-5-10(3)6-9(8,2)7-11/h11H,1,4-7H2,2-3H3/t9-/m0/s1/i3D3,7D2. The normalized spacial score (nSPS) is 43.5. The van der Waals surface area contributed by atoms with Crippen LogP contribution in [0.25, 0.3) is 0 Å². The van der Waals surface area contributed by atoms with Gasteiger partial charge in [0, 0.05) is 22.6 Å². The summed E-state index contributed by atoms with van der Waals surface area (Å²) in [5.41, 5.74) is -0.680. The summed E-state index contributed by atoms with van der Waals surface area (Å²) in [4.78, 5) is 1.20. The van der Waals surface area contributed by atoms with Crippen LogP contribution < -0.4 is 0 Å². The number of hydrogen-bond donors (Lipinski definition) is 1. The second-order valence-electron chi connectivity index (χ2n) is 3.22. The van der Waals surface area contributed by atoms with Gasteiger partial charge in [-0.15, -0.1) is 0 Å². The van der Waals surface area contributed by atoms with Crippen molar-refractivity contribution >= 4 is 0 Å². The number of likely N-dealkylation sites (tertiary alicyclic amines) is 1. The molecular formula is C9H17NO. The Balaban J connectivity index is 2.98. The maximum atomic E-state index is 9.52. The van der Waals surface area contributed by atoms with Crippen LogP contribution in [0.15, 0.2) is 12.2 Å². The van der Waals surface area contributed by atoms with E-state index in [-0.39, 0.29) is 6.54 Å². The summed E-state index contributed by atoms with van der Waals surface area (Å²) < 4.78 is 36.7. The van der Waals surface area contributed by atoms with Gasteiger partial charge in [0.2, 0.25) is 0 Å². The van der Waals surface area contributed by atoms with Crippen molar-refractivity contribution < 1.29 is 12.0 Å². The average molecular weight is 160 g/mol. The fourth-order valence-electron chi connectivity index (χ4n) is 1.23. The molecule has 11 heavy (non-hydrogen) atoms. The van der Waals surface area contributed by atoms with E-state index in [4.69, 9.17) is 6.85 Å². The third-order valence-corrected chi connectivity index (χ3v) is 2.22. The Bertz CT molecular complexity index is 295. The van der Waals surface area contributed by atoms with E-state index >= 15 is 0 Å². The van der Waals surface area contributed by atoms with Crippen LogP contribution in [-0.2, 0) is 0 Å². The smallest absolute Gasteiger partial charge is 0.0573 e. The maximum Gasteiger partial charge on any atom is 0.0573 e. The third-order valence-electron chi connectivity index (χ3n) is 2.22. The van der Waals surface area contributed by atoms with Crippen molar-refractivity contribution in [2.45, 2.75) is 13.3 Å². The lowest BCUT2D eigenvalue weighted by atomic mass is 9.79. The van der Waals surface area contributed by atoms with E-state index in [0.717, 1.165) is 0 Å². The zero-order valence-corrected chi connectivity index (χ0v) is 6.72. The van der Waals surface area contributed by atoms with Crippen LogP contribution in [0.4, 0.5) is 0 Å². The molecule has 0 spiro atoms. The minimum absolute atomic E-state index is 0.0498. The molecule has 1 heterocycles. The first-order valence-corrected chi connectivity index (χ1v) is 3.64. The molecule has 2 heteroatoms. The predicted molar refractivity (Wildman–Crippen MR) is 46.4 cm³/mol. The van der Waals surface area contributed by atoms with Gasteiger partial charge in [-0.05, 0) is 13.4 Å². The number of aliphatic hydroxyl groups is 1. The van der Waals surface area contributed by atoms with Crippen molar-refractivity contribution in [3.63, 3.8) is 0 Å². The first-order valence-electron chi connectivity index (χ1n) is 6.14. The van der Waals surface area contributed by atoms with E-state index in [0.29, 0.717) is 18.5 Å². The molecule has 0 bridgehead atoms. The topological polar surface area (TPSA) is 23.5 Å². The maximum absolute atomic E-state index is 9.52. The lowest BCUT2D eigenvalue weighted by Crippen LogP contribution is -2.42. The van der Waals surface area contributed by atoms with E-state index in [1.807, 2.05) is 0 Å². The fourth-order valence-corrected chi connectivity index (χ4v) is 1.23. The second kappa shape index (κ2) is 2.95. The Labute approximate surface area is 75.5 Å². The van der Waals surface area contributed by atoms with Crippen LogP contribution in [0.1, 0.15) is 20.2 Å². The van der Waals surface area contributed by atoms with Gasteiger partial charge in [-0.2, -0.15) is 0 Å². The zero-order chi connectivity index (χ0) is 12.8. The average Bonchev–Trinajstić information content (AvgIpc) is 2.06. The molecule has 1 rings (SSSR count). The largest absolute Gasteiger partial charge is 0.395 e. The summed E-state index contributed by atoms with van der Waals surface area (Å²) in [6.45, 7) is 0.797. The van der Waals surface area contributed by atoms with Crippen LogP contribution in [0.2, 0.25) is 0 Å². The molecule has 0 aromatic carbocycles. The first-order chi connectivity index (χ1) is 6.98. The SMILES string of the molecule is [2H]C([2H])([2H])N1CCC(=C)[C@](C)(C([2H])([2H])O)C1. The van der Waals surface area contributed by atoms with Gasteiger partial charge in [-0.1, -0.05) is 19.1 Å². The van der Waals surface area contributed by atoms with Gasteiger partial charge in [0.15, 0.2) is 0 Å². The van der Waals surface area contributed by atoms with E-state index in [2.05, 4.69) is 6.58 Å². The molecular weight excluding hydrogens is 138 g/mol. The number of piperidine rings is 1. The van der Waals surface area contributed by atoms with Crippen molar-refractivity contribution in [1.29, 1.82) is 0 Å². The highest BCUT2D eigenvalue weighted by Gasteiger charge is 2.31. The molecule has 0 amide bonds. The first kappa shape index (κ1) is 4.06. The number of nitrogens with zero attached hydrogens (tertiary/aromatic N) is 1. The molecule has 1 aliphatic heterocycles. The van der Waals surface area contributed by atoms with Crippen LogP contribution >= 0.6 is 0 Å². The van der Waals surface area contributed by atoms with E-state index in [9.17, 15) is 5.11 Å². The summed E-state index contributed by atoms with van der Waals surface area (Å²) in [5.74, 6) is 0. The van der Waals surface area contributed by atoms with E-state index in [1.54, 1.807) is 0 Å². The summed E-state index contributed by atoms with van der Waals surface area (Å²) in [6, 6.07) is 0. The van der Waals surface area contributed by atoms with E-state index < -0.39 is 18.9 Å². The predicted octanol–water partition coefficient (Wildman–Crippen LogP) is 0.877. The van der Waals surface area contributed by atoms with Crippen molar-refractivity contribution in [2.24, 2.45) is 5.41 Å². The van der Waals surface area contributed by atoms with Crippen molar-refractivity contribution in [1.82, 2.24) is 4.90 Å². The second-order valence-corrected chi connectivity index (χ2v) is 3.22. The van der Waals surface area contributed by atoms with Gasteiger partial charge in [0.05, 0.1) is 9.30 Å². The zero-order valence-electron chi connectivity index (χ0n) is 11.7. The number of rotatable bonds is 1. The van der Waals surface area contributed by atoms with Gasteiger partial charge in [0.1, 0.15) is 0 Å². The molecule has 0 saturated carbocycles. The van der Waals surface area contributed by atoms with Crippen molar-refractivity contribution in [2.75, 3.05) is 26.6 Å². The molecule has 0 aromatic rings. The molecule has 1 N–H and O–H groups in total. The van der Waals surface area contributed by atoms with E-state index in [1.165, 1.54) is 11.8 Å². The van der Waals surface area contributed by atoms with Crippen LogP contribution in [0.3, 0.4) is 0 Å². The van der Waals surface area contributed by atoms with Gasteiger partial charge in [-0.25, -0.2) is 0 Å². The lowest BCUT2D eigenvalue weighted by molar-refractivity contribution is 0.105. The van der Waals surface area contributed by atoms with Gasteiger partial charge >= 0.3 is 0 Å². The minimum Gasteiger partial charge on any atom is -0.395 e. The molecule has 1 atom stereocenters. The Morgan fingerprint density at radius 1 is 2.00 bits per heavy atom. The minimum atomic E-state index is -2.46. The van der Waals surface area contributed by atoms with Gasteiger partial charge in [-0.3, -0.25) is 0 Å². The van der Waals surface area contributed by atoms with Gasteiger partial charge < -0.3 is 10.0 Å². The van der Waals surface area contributed by atoms with Crippen LogP contribution in [-0.4, -0.2) is 36.6 Å². The number of hydrogen-bond acceptors (Lipinski definition) is 2. The van der Waals surface area contributed by atoms with Crippen molar-refractivity contribution in [3.8, 4) is 0 Å². The van der Waals surface area contributed by atoms with Crippen LogP contribution in [0.5, 0.6) is 0 Å². The Kier molecular flexibility index (Phi) is 1.09. The monoisotopic (exact) mass is 160 g/mol. The summed E-state index contributed by atoms with van der Waals surface area (Å²) in [6.07, 6.45) is 0.384. The molecule has 0 radical (unpaired) electrons. The summed E-state index contributed by atoms with van der Waals surface area (Å²) >= 11 is 0. The Morgan fingerprint density at radius 3 is 3.27 bits per heavy atom. The molecule has 1 aliphatic rings. The summed E-state index contributed by atoms with van der Waals surface area (Å²) in [5, 5.41) is 9.52. The molecule has 1 fully saturated rings. The molecule has 0 aliphatic carbocycles. The Morgan fingerprint density at radius 2 is 2.73 bits per heavy atom. The molecule has 2 nitrogen and oxygen atoms in total. The highest BCUT2D eigenvalue weighted by Crippen LogP contribution is 2.32. The van der Waals surface area contributed by atoms with Crippen LogP contribution in [0, 0.1) is 5.41 Å². The third kappa shape index (κ3) is 1.63. The molecule has 0 aromatic heterocycles. The van der Waals surface area contributed by atoms with Crippen molar-refractivity contribution in [3.05, 3.63) is 12.2 Å². The quantitative estimate of drug-likeness (QED) is 0.576.